The van der Waals surface area contributed by atoms with Gasteiger partial charge >= 0.3 is 17.9 Å². The van der Waals surface area contributed by atoms with Gasteiger partial charge < -0.3 is 14.2 Å². The summed E-state index contributed by atoms with van der Waals surface area (Å²) in [7, 11) is 1.57. The largest absolute Gasteiger partial charge is 0.469 e. The van der Waals surface area contributed by atoms with Crippen molar-refractivity contribution in [3.05, 3.63) is 11.6 Å². The number of ether oxygens (including phenoxy) is 3. The summed E-state index contributed by atoms with van der Waals surface area (Å²) in [5, 5.41) is 0. The van der Waals surface area contributed by atoms with E-state index in [9.17, 15) is 14.4 Å². The molecule has 0 amide bonds. The SMILES string of the molecule is COC(=O)C12CCC(C)C(C)C1C1=CCC3C4(C)CCC(OC(C)=O)C(C)(COC(C)=O)C4CCC3(C)C1(C)CC2. The first-order valence-electron chi connectivity index (χ1n) is 16.2. The summed E-state index contributed by atoms with van der Waals surface area (Å²) in [5.41, 5.74) is 0.812. The molecule has 0 radical (unpaired) electrons. The third-order valence-electron chi connectivity index (χ3n) is 14.2. The van der Waals surface area contributed by atoms with E-state index in [1.165, 1.54) is 19.4 Å². The molecule has 0 saturated heterocycles. The van der Waals surface area contributed by atoms with Crippen LogP contribution in [0.4, 0.5) is 0 Å². The quantitative estimate of drug-likeness (QED) is 0.201. The number of allylic oxidation sites excluding steroid dienone is 2. The molecule has 5 rings (SSSR count). The molecule has 0 aromatic carbocycles. The highest BCUT2D eigenvalue weighted by atomic mass is 16.6. The van der Waals surface area contributed by atoms with Gasteiger partial charge in [-0.25, -0.2) is 0 Å². The van der Waals surface area contributed by atoms with Gasteiger partial charge in [-0.3, -0.25) is 14.4 Å². The number of carbonyl (C=O) groups excluding carboxylic acids is 3. The Kier molecular flexibility index (Phi) is 7.55. The lowest BCUT2D eigenvalue weighted by atomic mass is 9.33. The highest BCUT2D eigenvalue weighted by Crippen LogP contribution is 2.76. The second kappa shape index (κ2) is 10.1. The maximum atomic E-state index is 13.5. The first kappa shape index (κ1) is 30.6. The van der Waals surface area contributed by atoms with Crippen molar-refractivity contribution in [1.29, 1.82) is 0 Å². The molecule has 230 valence electrons. The van der Waals surface area contributed by atoms with E-state index >= 15 is 0 Å². The highest BCUT2D eigenvalue weighted by Gasteiger charge is 2.70. The van der Waals surface area contributed by atoms with Crippen molar-refractivity contribution >= 4 is 17.9 Å². The van der Waals surface area contributed by atoms with Gasteiger partial charge in [0.2, 0.25) is 0 Å². The van der Waals surface area contributed by atoms with Gasteiger partial charge in [0.05, 0.1) is 12.5 Å². The van der Waals surface area contributed by atoms with Gasteiger partial charge in [-0.05, 0) is 104 Å². The van der Waals surface area contributed by atoms with E-state index in [0.717, 1.165) is 57.8 Å². The molecular formula is C35H54O6. The number of hydrogen-bond acceptors (Lipinski definition) is 6. The minimum atomic E-state index is -0.434. The zero-order valence-electron chi connectivity index (χ0n) is 27.1. The van der Waals surface area contributed by atoms with Crippen LogP contribution in [0.25, 0.3) is 0 Å². The first-order chi connectivity index (χ1) is 19.1. The maximum Gasteiger partial charge on any atom is 0.312 e. The molecule has 0 spiro atoms. The van der Waals surface area contributed by atoms with E-state index in [2.05, 4.69) is 47.6 Å². The maximum absolute atomic E-state index is 13.5. The second-order valence-electron chi connectivity index (χ2n) is 15.7. The number of esters is 3. The van der Waals surface area contributed by atoms with E-state index in [1.54, 1.807) is 7.11 Å². The molecule has 6 nitrogen and oxygen atoms in total. The number of carbonyl (C=O) groups is 3. The van der Waals surface area contributed by atoms with Crippen molar-refractivity contribution in [2.45, 2.75) is 119 Å². The Hall–Kier alpha value is -1.85. The molecule has 0 aromatic rings. The summed E-state index contributed by atoms with van der Waals surface area (Å²) in [6.45, 7) is 17.7. The molecule has 0 bridgehead atoms. The predicted octanol–water partition coefficient (Wildman–Crippen LogP) is 7.29. The van der Waals surface area contributed by atoms with Crippen LogP contribution in [-0.4, -0.2) is 37.7 Å². The molecule has 0 aliphatic heterocycles. The Morgan fingerprint density at radius 1 is 0.878 bits per heavy atom. The van der Waals surface area contributed by atoms with Crippen molar-refractivity contribution < 1.29 is 28.6 Å². The number of rotatable bonds is 4. The lowest BCUT2D eigenvalue weighted by molar-refractivity contribution is -0.227. The average Bonchev–Trinajstić information content (AvgIpc) is 2.91. The Morgan fingerprint density at radius 3 is 2.22 bits per heavy atom. The number of hydrogen-bond donors (Lipinski definition) is 0. The fourth-order valence-electron chi connectivity index (χ4n) is 11.7. The minimum absolute atomic E-state index is 0.00261. The average molecular weight is 571 g/mol. The Balaban J connectivity index is 1.57. The molecule has 0 heterocycles. The Labute approximate surface area is 247 Å². The summed E-state index contributed by atoms with van der Waals surface area (Å²) in [6.07, 6.45) is 11.1. The van der Waals surface area contributed by atoms with Crippen molar-refractivity contribution in [2.75, 3.05) is 13.7 Å². The smallest absolute Gasteiger partial charge is 0.312 e. The molecule has 5 aliphatic rings. The number of methoxy groups -OCH3 is 1. The summed E-state index contributed by atoms with van der Waals surface area (Å²) < 4.78 is 17.2. The zero-order valence-corrected chi connectivity index (χ0v) is 27.1. The molecule has 4 saturated carbocycles. The Morgan fingerprint density at radius 2 is 1.59 bits per heavy atom. The third-order valence-corrected chi connectivity index (χ3v) is 14.2. The topological polar surface area (TPSA) is 78.9 Å². The lowest BCUT2D eigenvalue weighted by Gasteiger charge is -2.71. The molecular weight excluding hydrogens is 516 g/mol. The van der Waals surface area contributed by atoms with Crippen LogP contribution >= 0.6 is 0 Å². The molecule has 6 heteroatoms. The van der Waals surface area contributed by atoms with E-state index in [4.69, 9.17) is 14.2 Å². The van der Waals surface area contributed by atoms with Gasteiger partial charge in [0.1, 0.15) is 12.7 Å². The van der Waals surface area contributed by atoms with E-state index in [-0.39, 0.29) is 58.7 Å². The van der Waals surface area contributed by atoms with Crippen LogP contribution in [0.1, 0.15) is 113 Å². The standard InChI is InChI=1S/C35H54O6/c1-21-12-17-35(30(38)39-9)19-18-33(7)25(29(35)22(21)2)10-11-27-31(5)15-14-28(41-24(4)37)32(6,20-40-23(3)36)26(31)13-16-34(27,33)8/h10,21-22,26-29H,11-20H2,1-9H3. The molecule has 11 atom stereocenters. The molecule has 4 fully saturated rings. The van der Waals surface area contributed by atoms with E-state index < -0.39 is 10.8 Å². The first-order valence-corrected chi connectivity index (χ1v) is 16.2. The van der Waals surface area contributed by atoms with E-state index in [1.807, 2.05) is 0 Å². The van der Waals surface area contributed by atoms with Gasteiger partial charge in [-0.15, -0.1) is 0 Å². The van der Waals surface area contributed by atoms with Gasteiger partial charge in [0, 0.05) is 19.3 Å². The van der Waals surface area contributed by atoms with Crippen molar-refractivity contribution in [2.24, 2.45) is 56.7 Å². The molecule has 11 unspecified atom stereocenters. The summed E-state index contributed by atoms with van der Waals surface area (Å²) >= 11 is 0. The highest BCUT2D eigenvalue weighted by molar-refractivity contribution is 5.78. The van der Waals surface area contributed by atoms with Gasteiger partial charge in [0.15, 0.2) is 0 Å². The van der Waals surface area contributed by atoms with Gasteiger partial charge in [-0.1, -0.05) is 53.2 Å². The summed E-state index contributed by atoms with van der Waals surface area (Å²) in [5.74, 6) is 1.43. The predicted molar refractivity (Wildman–Crippen MR) is 157 cm³/mol. The van der Waals surface area contributed by atoms with Crippen LogP contribution < -0.4 is 0 Å². The second-order valence-corrected chi connectivity index (χ2v) is 15.7. The summed E-state index contributed by atoms with van der Waals surface area (Å²) in [4.78, 5) is 37.6. The van der Waals surface area contributed by atoms with Crippen LogP contribution in [0.3, 0.4) is 0 Å². The van der Waals surface area contributed by atoms with E-state index in [0.29, 0.717) is 17.8 Å². The third kappa shape index (κ3) is 4.18. The van der Waals surface area contributed by atoms with Crippen molar-refractivity contribution in [3.8, 4) is 0 Å². The van der Waals surface area contributed by atoms with Crippen LogP contribution in [0.15, 0.2) is 11.6 Å². The normalized spacial score (nSPS) is 48.8. The van der Waals surface area contributed by atoms with Crippen molar-refractivity contribution in [1.82, 2.24) is 0 Å². The molecule has 41 heavy (non-hydrogen) atoms. The fourth-order valence-corrected chi connectivity index (χ4v) is 11.7. The number of fused-ring (bicyclic) bond motifs is 7. The minimum Gasteiger partial charge on any atom is -0.469 e. The monoisotopic (exact) mass is 570 g/mol. The van der Waals surface area contributed by atoms with Crippen molar-refractivity contribution in [3.63, 3.8) is 0 Å². The van der Waals surface area contributed by atoms with Crippen LogP contribution in [0.5, 0.6) is 0 Å². The Bertz CT molecular complexity index is 1130. The van der Waals surface area contributed by atoms with Gasteiger partial charge in [0.25, 0.3) is 0 Å². The fraction of sp³-hybridized carbons (Fsp3) is 0.857. The van der Waals surface area contributed by atoms with Crippen LogP contribution in [0.2, 0.25) is 0 Å². The molecule has 0 aromatic heterocycles. The van der Waals surface area contributed by atoms with Gasteiger partial charge in [-0.2, -0.15) is 0 Å². The van der Waals surface area contributed by atoms with Crippen LogP contribution in [0, 0.1) is 56.7 Å². The molecule has 0 N–H and O–H groups in total. The lowest BCUT2D eigenvalue weighted by Crippen LogP contribution is -2.66. The molecule has 5 aliphatic carbocycles. The van der Waals surface area contributed by atoms with Crippen LogP contribution in [-0.2, 0) is 28.6 Å². The zero-order chi connectivity index (χ0) is 30.2. The summed E-state index contributed by atoms with van der Waals surface area (Å²) in [6, 6.07) is 0.